The van der Waals surface area contributed by atoms with E-state index in [1.807, 2.05) is 13.8 Å². The Hall–Kier alpha value is -0.620. The smallest absolute Gasteiger partial charge is 0.321 e. The predicted octanol–water partition coefficient (Wildman–Crippen LogP) is 0.815. The number of nitrogens with one attached hydrogen (secondary N) is 1. The number of hydrogen-bond donors (Lipinski definition) is 2. The molecule has 0 heterocycles. The Morgan fingerprint density at radius 1 is 1.40 bits per heavy atom. The Kier molecular flexibility index (Phi) is 5.82. The van der Waals surface area contributed by atoms with Crippen LogP contribution in [0.5, 0.6) is 0 Å². The minimum atomic E-state index is -3.48. The molecule has 0 aromatic carbocycles. The molecule has 0 aliphatic rings. The molecule has 0 saturated carbocycles. The van der Waals surface area contributed by atoms with Crippen molar-refractivity contribution in [2.24, 2.45) is 5.92 Å². The van der Waals surface area contributed by atoms with Crippen molar-refractivity contribution in [3.05, 3.63) is 0 Å². The minimum absolute atomic E-state index is 0.0154. The van der Waals surface area contributed by atoms with Gasteiger partial charge in [0.05, 0.1) is 5.75 Å². The average molecular weight is 237 g/mol. The van der Waals surface area contributed by atoms with Gasteiger partial charge in [-0.15, -0.1) is 0 Å². The van der Waals surface area contributed by atoms with Crippen molar-refractivity contribution in [1.82, 2.24) is 4.72 Å². The van der Waals surface area contributed by atoms with E-state index in [2.05, 4.69) is 4.72 Å². The van der Waals surface area contributed by atoms with Crippen LogP contribution >= 0.6 is 0 Å². The molecule has 0 amide bonds. The fraction of sp³-hybridized carbons (Fsp3) is 0.889. The van der Waals surface area contributed by atoms with E-state index in [1.165, 1.54) is 6.92 Å². The molecule has 0 saturated heterocycles. The van der Waals surface area contributed by atoms with Gasteiger partial charge >= 0.3 is 5.97 Å². The molecule has 0 aliphatic heterocycles. The summed E-state index contributed by atoms with van der Waals surface area (Å²) in [6.45, 7) is 5.13. The van der Waals surface area contributed by atoms with E-state index in [4.69, 9.17) is 5.11 Å². The van der Waals surface area contributed by atoms with Gasteiger partial charge in [-0.05, 0) is 19.3 Å². The Morgan fingerprint density at radius 3 is 2.33 bits per heavy atom. The van der Waals surface area contributed by atoms with Gasteiger partial charge in [0.25, 0.3) is 0 Å². The summed E-state index contributed by atoms with van der Waals surface area (Å²) < 4.78 is 25.0. The van der Waals surface area contributed by atoms with Gasteiger partial charge in [-0.2, -0.15) is 0 Å². The first-order valence-corrected chi connectivity index (χ1v) is 6.66. The first-order chi connectivity index (χ1) is 6.78. The highest BCUT2D eigenvalue weighted by molar-refractivity contribution is 7.89. The van der Waals surface area contributed by atoms with Crippen molar-refractivity contribution >= 4 is 16.0 Å². The van der Waals surface area contributed by atoms with E-state index < -0.39 is 22.0 Å². The molecule has 2 atom stereocenters. The summed E-state index contributed by atoms with van der Waals surface area (Å²) in [6.07, 6.45) is 1.74. The molecule has 15 heavy (non-hydrogen) atoms. The summed E-state index contributed by atoms with van der Waals surface area (Å²) in [4.78, 5) is 10.5. The van der Waals surface area contributed by atoms with E-state index in [9.17, 15) is 13.2 Å². The Labute approximate surface area is 90.9 Å². The number of rotatable bonds is 7. The maximum atomic E-state index is 11.5. The normalized spacial score (nSPS) is 15.9. The van der Waals surface area contributed by atoms with Crippen molar-refractivity contribution in [2.75, 3.05) is 5.75 Å². The lowest BCUT2D eigenvalue weighted by molar-refractivity contribution is -0.138. The van der Waals surface area contributed by atoms with Crippen LogP contribution in [0.3, 0.4) is 0 Å². The molecule has 0 aromatic rings. The number of carboxylic acids is 1. The van der Waals surface area contributed by atoms with Gasteiger partial charge < -0.3 is 5.11 Å². The van der Waals surface area contributed by atoms with Crippen LogP contribution in [0.4, 0.5) is 0 Å². The third-order valence-electron chi connectivity index (χ3n) is 2.01. The highest BCUT2D eigenvalue weighted by Gasteiger charge is 2.21. The lowest BCUT2D eigenvalue weighted by atomic mass is 10.1. The van der Waals surface area contributed by atoms with Gasteiger partial charge in [0.2, 0.25) is 10.0 Å². The summed E-state index contributed by atoms with van der Waals surface area (Å²) in [5.74, 6) is -1.13. The quantitative estimate of drug-likeness (QED) is 0.686. The Balaban J connectivity index is 4.25. The molecule has 5 nitrogen and oxygen atoms in total. The van der Waals surface area contributed by atoms with Crippen LogP contribution in [0.2, 0.25) is 0 Å². The highest BCUT2D eigenvalue weighted by Crippen LogP contribution is 2.07. The largest absolute Gasteiger partial charge is 0.480 e. The molecule has 0 rings (SSSR count). The standard InChI is InChI=1S/C9H19NO4S/c1-4-5-7(2)6-15(13,14)10-8(3)9(11)12/h7-8,10H,4-6H2,1-3H3,(H,11,12)/t7?,8-/m1/s1. The van der Waals surface area contributed by atoms with E-state index in [1.54, 1.807) is 0 Å². The maximum absolute atomic E-state index is 11.5. The van der Waals surface area contributed by atoms with Crippen molar-refractivity contribution in [2.45, 2.75) is 39.7 Å². The van der Waals surface area contributed by atoms with Gasteiger partial charge in [0.1, 0.15) is 6.04 Å². The minimum Gasteiger partial charge on any atom is -0.480 e. The summed E-state index contributed by atoms with van der Waals surface area (Å²) in [5.41, 5.74) is 0. The zero-order valence-corrected chi connectivity index (χ0v) is 10.2. The molecule has 0 radical (unpaired) electrons. The van der Waals surface area contributed by atoms with Gasteiger partial charge in [-0.25, -0.2) is 13.1 Å². The zero-order chi connectivity index (χ0) is 12.1. The SMILES string of the molecule is CCCC(C)CS(=O)(=O)N[C@H](C)C(=O)O. The van der Waals surface area contributed by atoms with Crippen LogP contribution in [0.25, 0.3) is 0 Å². The first kappa shape index (κ1) is 14.4. The molecule has 1 unspecified atom stereocenters. The van der Waals surface area contributed by atoms with Gasteiger partial charge in [-0.3, -0.25) is 4.79 Å². The maximum Gasteiger partial charge on any atom is 0.321 e. The summed E-state index contributed by atoms with van der Waals surface area (Å²) in [5, 5.41) is 8.56. The molecule has 0 aliphatic carbocycles. The fourth-order valence-electron chi connectivity index (χ4n) is 1.32. The van der Waals surface area contributed by atoms with Gasteiger partial charge in [0, 0.05) is 0 Å². The zero-order valence-electron chi connectivity index (χ0n) is 9.36. The van der Waals surface area contributed by atoms with E-state index in [0.29, 0.717) is 0 Å². The van der Waals surface area contributed by atoms with Crippen LogP contribution in [-0.2, 0) is 14.8 Å². The van der Waals surface area contributed by atoms with Crippen LogP contribution < -0.4 is 4.72 Å². The summed E-state index contributed by atoms with van der Waals surface area (Å²) >= 11 is 0. The van der Waals surface area contributed by atoms with Crippen LogP contribution in [-0.4, -0.2) is 31.3 Å². The number of carboxylic acid groups (broad SMARTS) is 1. The molecule has 0 fully saturated rings. The highest BCUT2D eigenvalue weighted by atomic mass is 32.2. The summed E-state index contributed by atoms with van der Waals surface area (Å²) in [6, 6.07) is -1.07. The summed E-state index contributed by atoms with van der Waals surface area (Å²) in [7, 11) is -3.48. The predicted molar refractivity (Wildman–Crippen MR) is 58.1 cm³/mol. The molecule has 0 spiro atoms. The van der Waals surface area contributed by atoms with E-state index in [-0.39, 0.29) is 11.7 Å². The van der Waals surface area contributed by atoms with Crippen LogP contribution in [0.1, 0.15) is 33.6 Å². The number of carbonyl (C=O) groups is 1. The van der Waals surface area contributed by atoms with E-state index in [0.717, 1.165) is 12.8 Å². The van der Waals surface area contributed by atoms with Crippen molar-refractivity contribution in [3.63, 3.8) is 0 Å². The second kappa shape index (κ2) is 6.07. The third kappa shape index (κ3) is 6.46. The van der Waals surface area contributed by atoms with Gasteiger partial charge in [0.15, 0.2) is 0 Å². The molecule has 2 N–H and O–H groups in total. The topological polar surface area (TPSA) is 83.5 Å². The molecule has 0 bridgehead atoms. The third-order valence-corrected chi connectivity index (χ3v) is 3.73. The lowest BCUT2D eigenvalue weighted by Crippen LogP contribution is -2.40. The Morgan fingerprint density at radius 2 is 1.93 bits per heavy atom. The van der Waals surface area contributed by atoms with E-state index >= 15 is 0 Å². The van der Waals surface area contributed by atoms with Crippen LogP contribution in [0.15, 0.2) is 0 Å². The first-order valence-electron chi connectivity index (χ1n) is 5.01. The second-order valence-electron chi connectivity index (χ2n) is 3.85. The molecular formula is C9H19NO4S. The monoisotopic (exact) mass is 237 g/mol. The van der Waals surface area contributed by atoms with Gasteiger partial charge in [-0.1, -0.05) is 20.3 Å². The molecule has 90 valence electrons. The Bertz CT molecular complexity index is 299. The van der Waals surface area contributed by atoms with Crippen LogP contribution in [0, 0.1) is 5.92 Å². The molecular weight excluding hydrogens is 218 g/mol. The molecule has 0 aromatic heterocycles. The van der Waals surface area contributed by atoms with Crippen molar-refractivity contribution < 1.29 is 18.3 Å². The average Bonchev–Trinajstić information content (AvgIpc) is 2.01. The fourth-order valence-corrected chi connectivity index (χ4v) is 2.97. The number of sulfonamides is 1. The number of hydrogen-bond acceptors (Lipinski definition) is 3. The van der Waals surface area contributed by atoms with Crippen molar-refractivity contribution in [3.8, 4) is 0 Å². The lowest BCUT2D eigenvalue weighted by Gasteiger charge is -2.13. The number of aliphatic carboxylic acids is 1. The second-order valence-corrected chi connectivity index (χ2v) is 5.65. The molecule has 6 heteroatoms. The van der Waals surface area contributed by atoms with Crippen molar-refractivity contribution in [1.29, 1.82) is 0 Å².